The van der Waals surface area contributed by atoms with E-state index in [1.807, 2.05) is 18.2 Å². The minimum atomic E-state index is -0.438. The third-order valence-corrected chi connectivity index (χ3v) is 3.74. The Hall–Kier alpha value is -3.41. The van der Waals surface area contributed by atoms with Gasteiger partial charge in [0.1, 0.15) is 6.61 Å². The lowest BCUT2D eigenvalue weighted by Crippen LogP contribution is -2.17. The molecule has 0 fully saturated rings. The molecule has 3 rings (SSSR count). The summed E-state index contributed by atoms with van der Waals surface area (Å²) in [6, 6.07) is 12.6. The molecule has 1 amide bonds. The van der Waals surface area contributed by atoms with Crippen molar-refractivity contribution in [3.8, 4) is 0 Å². The lowest BCUT2D eigenvalue weighted by Gasteiger charge is -2.03. The highest BCUT2D eigenvalue weighted by molar-refractivity contribution is 5.94. The molecule has 6 nitrogen and oxygen atoms in total. The van der Waals surface area contributed by atoms with Crippen molar-refractivity contribution in [2.75, 3.05) is 7.05 Å². The predicted molar refractivity (Wildman–Crippen MR) is 94.8 cm³/mol. The Morgan fingerprint density at radius 3 is 2.76 bits per heavy atom. The molecule has 0 atom stereocenters. The van der Waals surface area contributed by atoms with E-state index in [-0.39, 0.29) is 12.5 Å². The molecular weight excluding hydrogens is 318 g/mol. The summed E-state index contributed by atoms with van der Waals surface area (Å²) < 4.78 is 5.27. The first kappa shape index (κ1) is 16.4. The second kappa shape index (κ2) is 7.44. The van der Waals surface area contributed by atoms with Crippen molar-refractivity contribution in [2.24, 2.45) is 0 Å². The summed E-state index contributed by atoms with van der Waals surface area (Å²) in [7, 11) is 1.58. The molecule has 0 radical (unpaired) electrons. The molecule has 0 aliphatic heterocycles. The molecule has 0 spiro atoms. The molecule has 3 aromatic rings. The minimum absolute atomic E-state index is 0.150. The lowest BCUT2D eigenvalue weighted by molar-refractivity contribution is -0.138. The van der Waals surface area contributed by atoms with Gasteiger partial charge in [0.2, 0.25) is 0 Å². The quantitative estimate of drug-likeness (QED) is 0.555. The first-order chi connectivity index (χ1) is 12.2. The zero-order chi connectivity index (χ0) is 17.6. The fourth-order valence-corrected chi connectivity index (χ4v) is 2.40. The van der Waals surface area contributed by atoms with Gasteiger partial charge in [-0.05, 0) is 23.8 Å². The Bertz CT molecular complexity index is 926. The summed E-state index contributed by atoms with van der Waals surface area (Å²) in [5.74, 6) is -0.588. The van der Waals surface area contributed by atoms with E-state index >= 15 is 0 Å². The van der Waals surface area contributed by atoms with E-state index in [9.17, 15) is 9.59 Å². The molecule has 0 aliphatic rings. The molecule has 2 aromatic carbocycles. The fraction of sp³-hybridized carbons (Fsp3) is 0.105. The molecule has 0 bridgehead atoms. The van der Waals surface area contributed by atoms with Crippen molar-refractivity contribution >= 4 is 28.9 Å². The standard InChI is InChI=1S/C19H17N3O3/c1-20-19(24)14-8-5-13(6-9-14)7-10-17(23)25-12-16-4-2-3-15-11-21-22-18(15)16/h2-11H,12H2,1H3,(H,20,24)(H,21,22). The molecule has 1 heterocycles. The van der Waals surface area contributed by atoms with Crippen LogP contribution in [0.15, 0.2) is 54.7 Å². The summed E-state index contributed by atoms with van der Waals surface area (Å²) >= 11 is 0. The highest BCUT2D eigenvalue weighted by atomic mass is 16.5. The summed E-state index contributed by atoms with van der Waals surface area (Å²) in [5.41, 5.74) is 3.10. The number of aromatic amines is 1. The van der Waals surface area contributed by atoms with Crippen molar-refractivity contribution in [3.63, 3.8) is 0 Å². The number of aromatic nitrogens is 2. The smallest absolute Gasteiger partial charge is 0.331 e. The van der Waals surface area contributed by atoms with E-state index < -0.39 is 5.97 Å². The van der Waals surface area contributed by atoms with Crippen LogP contribution in [0.4, 0.5) is 0 Å². The first-order valence-corrected chi connectivity index (χ1v) is 7.75. The normalized spacial score (nSPS) is 10.9. The van der Waals surface area contributed by atoms with E-state index in [0.717, 1.165) is 22.0 Å². The number of amides is 1. The van der Waals surface area contributed by atoms with Crippen molar-refractivity contribution in [1.29, 1.82) is 0 Å². The van der Waals surface area contributed by atoms with Gasteiger partial charge in [0.15, 0.2) is 0 Å². The number of carbonyl (C=O) groups is 2. The van der Waals surface area contributed by atoms with Crippen LogP contribution in [0.1, 0.15) is 21.5 Å². The number of H-pyrrole nitrogens is 1. The van der Waals surface area contributed by atoms with Crippen molar-refractivity contribution in [3.05, 3.63) is 71.4 Å². The van der Waals surface area contributed by atoms with Crippen LogP contribution in [-0.4, -0.2) is 29.1 Å². The van der Waals surface area contributed by atoms with Crippen LogP contribution in [-0.2, 0) is 16.1 Å². The summed E-state index contributed by atoms with van der Waals surface area (Å²) in [4.78, 5) is 23.4. The van der Waals surface area contributed by atoms with Gasteiger partial charge in [0.25, 0.3) is 5.91 Å². The Labute approximate surface area is 144 Å². The maximum Gasteiger partial charge on any atom is 0.331 e. The molecule has 0 saturated heterocycles. The van der Waals surface area contributed by atoms with Crippen LogP contribution in [0.3, 0.4) is 0 Å². The topological polar surface area (TPSA) is 84.1 Å². The average molecular weight is 335 g/mol. The molecule has 0 aliphatic carbocycles. The van der Waals surface area contributed by atoms with E-state index in [1.165, 1.54) is 6.08 Å². The molecule has 1 aromatic heterocycles. The molecule has 0 saturated carbocycles. The number of fused-ring (bicyclic) bond motifs is 1. The number of rotatable bonds is 5. The third-order valence-electron chi connectivity index (χ3n) is 3.74. The highest BCUT2D eigenvalue weighted by Gasteiger charge is 2.05. The number of hydrogen-bond donors (Lipinski definition) is 2. The molecule has 6 heteroatoms. The molecule has 2 N–H and O–H groups in total. The van der Waals surface area contributed by atoms with Gasteiger partial charge in [-0.1, -0.05) is 30.3 Å². The van der Waals surface area contributed by atoms with Gasteiger partial charge < -0.3 is 10.1 Å². The third kappa shape index (κ3) is 3.92. The number of esters is 1. The Kier molecular flexibility index (Phi) is 4.89. The van der Waals surface area contributed by atoms with Gasteiger partial charge in [-0.3, -0.25) is 9.89 Å². The highest BCUT2D eigenvalue weighted by Crippen LogP contribution is 2.16. The summed E-state index contributed by atoms with van der Waals surface area (Å²) in [6.07, 6.45) is 4.73. The van der Waals surface area contributed by atoms with Gasteiger partial charge in [0, 0.05) is 29.6 Å². The fourth-order valence-electron chi connectivity index (χ4n) is 2.40. The molecular formula is C19H17N3O3. The second-order valence-corrected chi connectivity index (χ2v) is 5.39. The van der Waals surface area contributed by atoms with Gasteiger partial charge >= 0.3 is 5.97 Å². The first-order valence-electron chi connectivity index (χ1n) is 7.75. The van der Waals surface area contributed by atoms with Crippen LogP contribution < -0.4 is 5.32 Å². The number of carbonyl (C=O) groups excluding carboxylic acids is 2. The zero-order valence-electron chi connectivity index (χ0n) is 13.7. The number of benzene rings is 2. The van der Waals surface area contributed by atoms with Gasteiger partial charge in [-0.2, -0.15) is 5.10 Å². The molecule has 0 unspecified atom stereocenters. The summed E-state index contributed by atoms with van der Waals surface area (Å²) in [5, 5.41) is 10.4. The van der Waals surface area contributed by atoms with E-state index in [1.54, 1.807) is 43.6 Å². The van der Waals surface area contributed by atoms with Crippen molar-refractivity contribution in [1.82, 2.24) is 15.5 Å². The number of ether oxygens (including phenoxy) is 1. The van der Waals surface area contributed by atoms with Crippen LogP contribution >= 0.6 is 0 Å². The summed E-state index contributed by atoms with van der Waals surface area (Å²) in [6.45, 7) is 0.165. The Morgan fingerprint density at radius 2 is 2.00 bits per heavy atom. The van der Waals surface area contributed by atoms with Crippen LogP contribution in [0.5, 0.6) is 0 Å². The number of hydrogen-bond acceptors (Lipinski definition) is 4. The zero-order valence-corrected chi connectivity index (χ0v) is 13.7. The molecule has 126 valence electrons. The Morgan fingerprint density at radius 1 is 1.20 bits per heavy atom. The van der Waals surface area contributed by atoms with Gasteiger partial charge in [0.05, 0.1) is 11.7 Å². The maximum absolute atomic E-state index is 11.9. The second-order valence-electron chi connectivity index (χ2n) is 5.39. The van der Waals surface area contributed by atoms with E-state index in [2.05, 4.69) is 15.5 Å². The Balaban J connectivity index is 1.59. The largest absolute Gasteiger partial charge is 0.458 e. The predicted octanol–water partition coefficient (Wildman–Crippen LogP) is 2.68. The monoisotopic (exact) mass is 335 g/mol. The minimum Gasteiger partial charge on any atom is -0.458 e. The molecule has 25 heavy (non-hydrogen) atoms. The number of nitrogens with one attached hydrogen (secondary N) is 2. The van der Waals surface area contributed by atoms with Crippen LogP contribution in [0, 0.1) is 0 Å². The lowest BCUT2D eigenvalue weighted by atomic mass is 10.1. The van der Waals surface area contributed by atoms with Crippen LogP contribution in [0.2, 0.25) is 0 Å². The van der Waals surface area contributed by atoms with E-state index in [4.69, 9.17) is 4.74 Å². The number of para-hydroxylation sites is 1. The number of nitrogens with zero attached hydrogens (tertiary/aromatic N) is 1. The van der Waals surface area contributed by atoms with Crippen molar-refractivity contribution in [2.45, 2.75) is 6.61 Å². The van der Waals surface area contributed by atoms with E-state index in [0.29, 0.717) is 5.56 Å². The van der Waals surface area contributed by atoms with Gasteiger partial charge in [-0.25, -0.2) is 4.79 Å². The van der Waals surface area contributed by atoms with Gasteiger partial charge in [-0.15, -0.1) is 0 Å². The average Bonchev–Trinajstić information content (AvgIpc) is 3.13. The SMILES string of the molecule is CNC(=O)c1ccc(C=CC(=O)OCc2cccc3cn[nH]c23)cc1. The van der Waals surface area contributed by atoms with Crippen molar-refractivity contribution < 1.29 is 14.3 Å². The maximum atomic E-state index is 11.9. The van der Waals surface area contributed by atoms with Crippen LogP contribution in [0.25, 0.3) is 17.0 Å².